The molecule has 1 fully saturated rings. The summed E-state index contributed by atoms with van der Waals surface area (Å²) in [6, 6.07) is 0.181. The highest BCUT2D eigenvalue weighted by atomic mass is 32.2. The molecule has 0 amide bonds. The van der Waals surface area contributed by atoms with E-state index in [1.165, 1.54) is 0 Å². The maximum atomic E-state index is 11.6. The van der Waals surface area contributed by atoms with Crippen LogP contribution in [0.2, 0.25) is 0 Å². The maximum absolute atomic E-state index is 11.6. The molecular formula is C8H17NO2S2. The van der Waals surface area contributed by atoms with Crippen LogP contribution < -0.4 is 4.72 Å². The highest BCUT2D eigenvalue weighted by Gasteiger charge is 2.27. The fourth-order valence-electron chi connectivity index (χ4n) is 1.09. The molecule has 0 spiro atoms. The molecule has 1 aliphatic rings. The second kappa shape index (κ2) is 4.19. The van der Waals surface area contributed by atoms with Crippen LogP contribution in [0.25, 0.3) is 0 Å². The highest BCUT2D eigenvalue weighted by molar-refractivity contribution is 7.86. The summed E-state index contributed by atoms with van der Waals surface area (Å²) in [7, 11) is -1.72. The van der Waals surface area contributed by atoms with Crippen LogP contribution in [0.15, 0.2) is 0 Å². The third kappa shape index (κ3) is 3.48. The summed E-state index contributed by atoms with van der Waals surface area (Å²) in [5.41, 5.74) is 0. The Morgan fingerprint density at radius 1 is 1.46 bits per heavy atom. The topological polar surface area (TPSA) is 46.2 Å². The predicted octanol–water partition coefficient (Wildman–Crippen LogP) is 0.559. The smallest absolute Gasteiger partial charge is 0.0973 e. The predicted molar refractivity (Wildman–Crippen MR) is 57.3 cm³/mol. The molecule has 1 rings (SSSR count). The van der Waals surface area contributed by atoms with Gasteiger partial charge in [-0.2, -0.15) is 0 Å². The molecule has 1 saturated heterocycles. The zero-order chi connectivity index (χ0) is 10.1. The van der Waals surface area contributed by atoms with Crippen molar-refractivity contribution >= 4 is 21.8 Å². The molecule has 0 aliphatic carbocycles. The van der Waals surface area contributed by atoms with Crippen molar-refractivity contribution in [3.63, 3.8) is 0 Å². The van der Waals surface area contributed by atoms with Crippen LogP contribution in [-0.2, 0) is 21.8 Å². The van der Waals surface area contributed by atoms with Crippen LogP contribution in [0.1, 0.15) is 27.2 Å². The summed E-state index contributed by atoms with van der Waals surface area (Å²) < 4.78 is 25.5. The summed E-state index contributed by atoms with van der Waals surface area (Å²) in [6.45, 7) is 5.80. The third-order valence-electron chi connectivity index (χ3n) is 1.91. The number of nitrogens with one attached hydrogen (secondary N) is 1. The Balaban J connectivity index is 2.42. The molecule has 3 nitrogen and oxygen atoms in total. The van der Waals surface area contributed by atoms with Gasteiger partial charge in [-0.15, -0.1) is 0 Å². The lowest BCUT2D eigenvalue weighted by Gasteiger charge is -2.20. The van der Waals surface area contributed by atoms with Gasteiger partial charge in [0, 0.05) is 28.3 Å². The molecule has 1 N–H and O–H groups in total. The van der Waals surface area contributed by atoms with E-state index in [9.17, 15) is 8.42 Å². The second-order valence-electron chi connectivity index (χ2n) is 4.30. The van der Waals surface area contributed by atoms with Crippen molar-refractivity contribution in [3.05, 3.63) is 0 Å². The van der Waals surface area contributed by atoms with Crippen molar-refractivity contribution < 1.29 is 8.42 Å². The summed E-state index contributed by atoms with van der Waals surface area (Å²) in [5.74, 6) is 1.40. The van der Waals surface area contributed by atoms with Crippen LogP contribution >= 0.6 is 0 Å². The first-order valence-corrected chi connectivity index (χ1v) is 7.06. The molecule has 1 heterocycles. The molecule has 78 valence electrons. The zero-order valence-corrected chi connectivity index (χ0v) is 9.96. The van der Waals surface area contributed by atoms with Crippen LogP contribution in [0.5, 0.6) is 0 Å². The summed E-state index contributed by atoms with van der Waals surface area (Å²) >= 11 is 0. The Morgan fingerprint density at radius 2 is 2.08 bits per heavy atom. The molecule has 0 aromatic carbocycles. The van der Waals surface area contributed by atoms with Crippen LogP contribution in [0, 0.1) is 0 Å². The van der Waals surface area contributed by atoms with E-state index in [0.29, 0.717) is 5.75 Å². The standard InChI is InChI=1S/C8H17NO2S2/c1-8(2,3)13(11)9-7-4-5-12(10)6-7/h7,9H,4-6H2,1-3H3/t7?,12?,13-/m1/s1. The third-order valence-corrected chi connectivity index (χ3v) is 5.04. The Bertz CT molecular complexity index is 235. The van der Waals surface area contributed by atoms with E-state index in [1.807, 2.05) is 20.8 Å². The molecule has 0 aromatic rings. The Hall–Kier alpha value is 0.260. The molecule has 0 aromatic heterocycles. The second-order valence-corrected chi connectivity index (χ2v) is 7.91. The van der Waals surface area contributed by atoms with E-state index in [1.54, 1.807) is 0 Å². The summed E-state index contributed by atoms with van der Waals surface area (Å²) in [6.07, 6.45) is 0.883. The van der Waals surface area contributed by atoms with Gasteiger partial charge in [0.2, 0.25) is 0 Å². The Labute approximate surface area is 84.7 Å². The molecule has 5 heteroatoms. The summed E-state index contributed by atoms with van der Waals surface area (Å²) in [4.78, 5) is 0. The molecule has 13 heavy (non-hydrogen) atoms. The van der Waals surface area contributed by atoms with Crippen molar-refractivity contribution in [2.75, 3.05) is 11.5 Å². The lowest BCUT2D eigenvalue weighted by Crippen LogP contribution is -2.40. The Kier molecular flexibility index (Phi) is 3.65. The monoisotopic (exact) mass is 223 g/mol. The molecule has 0 saturated carbocycles. The van der Waals surface area contributed by atoms with Crippen molar-refractivity contribution in [2.24, 2.45) is 0 Å². The van der Waals surface area contributed by atoms with Gasteiger partial charge in [-0.3, -0.25) is 4.21 Å². The van der Waals surface area contributed by atoms with Gasteiger partial charge in [0.1, 0.15) is 0 Å². The van der Waals surface area contributed by atoms with E-state index < -0.39 is 21.8 Å². The van der Waals surface area contributed by atoms with Gasteiger partial charge >= 0.3 is 0 Å². The van der Waals surface area contributed by atoms with Crippen LogP contribution in [0.4, 0.5) is 0 Å². The van der Waals surface area contributed by atoms with E-state index in [4.69, 9.17) is 0 Å². The number of hydrogen-bond donors (Lipinski definition) is 1. The minimum absolute atomic E-state index is 0.181. The SMILES string of the molecule is CC(C)(C)[S@@](=O)NC1CCS(=O)C1. The first-order valence-electron chi connectivity index (χ1n) is 4.42. The molecule has 1 aliphatic heterocycles. The largest absolute Gasteiger partial charge is 0.260 e. The maximum Gasteiger partial charge on any atom is 0.0973 e. The number of hydrogen-bond acceptors (Lipinski definition) is 2. The van der Waals surface area contributed by atoms with E-state index in [-0.39, 0.29) is 10.8 Å². The van der Waals surface area contributed by atoms with Gasteiger partial charge in [0.05, 0.1) is 15.7 Å². The van der Waals surface area contributed by atoms with E-state index >= 15 is 0 Å². The lowest BCUT2D eigenvalue weighted by molar-refractivity contribution is 0.609. The first-order chi connectivity index (χ1) is 5.89. The summed E-state index contributed by atoms with van der Waals surface area (Å²) in [5, 5.41) is 0. The zero-order valence-electron chi connectivity index (χ0n) is 8.33. The average molecular weight is 223 g/mol. The van der Waals surface area contributed by atoms with Crippen molar-refractivity contribution in [1.29, 1.82) is 0 Å². The lowest BCUT2D eigenvalue weighted by atomic mass is 10.3. The van der Waals surface area contributed by atoms with Crippen molar-refractivity contribution in [2.45, 2.75) is 38.0 Å². The van der Waals surface area contributed by atoms with E-state index in [2.05, 4.69) is 4.72 Å². The van der Waals surface area contributed by atoms with Gasteiger partial charge < -0.3 is 0 Å². The van der Waals surface area contributed by atoms with Gasteiger partial charge in [-0.1, -0.05) is 0 Å². The molecule has 3 atom stereocenters. The molecule has 0 radical (unpaired) electrons. The van der Waals surface area contributed by atoms with Gasteiger partial charge in [-0.25, -0.2) is 8.93 Å². The highest BCUT2D eigenvalue weighted by Crippen LogP contribution is 2.13. The van der Waals surface area contributed by atoms with Crippen LogP contribution in [0.3, 0.4) is 0 Å². The molecule has 2 unspecified atom stereocenters. The average Bonchev–Trinajstić information content (AvgIpc) is 2.33. The van der Waals surface area contributed by atoms with Gasteiger partial charge in [-0.05, 0) is 27.2 Å². The quantitative estimate of drug-likeness (QED) is 0.743. The van der Waals surface area contributed by atoms with Crippen molar-refractivity contribution in [3.8, 4) is 0 Å². The van der Waals surface area contributed by atoms with Gasteiger partial charge in [0.25, 0.3) is 0 Å². The first kappa shape index (κ1) is 11.3. The van der Waals surface area contributed by atoms with Crippen LogP contribution in [-0.4, -0.2) is 30.7 Å². The fraction of sp³-hybridized carbons (Fsp3) is 1.00. The minimum Gasteiger partial charge on any atom is -0.260 e. The number of rotatable bonds is 2. The minimum atomic E-state index is -1.03. The van der Waals surface area contributed by atoms with Crippen molar-refractivity contribution in [1.82, 2.24) is 4.72 Å². The fourth-order valence-corrected chi connectivity index (χ4v) is 3.46. The van der Waals surface area contributed by atoms with E-state index in [0.717, 1.165) is 12.2 Å². The van der Waals surface area contributed by atoms with Gasteiger partial charge in [0.15, 0.2) is 0 Å². The molecular weight excluding hydrogens is 206 g/mol. The molecule has 0 bridgehead atoms. The Morgan fingerprint density at radius 3 is 2.46 bits per heavy atom. The normalized spacial score (nSPS) is 31.9.